The van der Waals surface area contributed by atoms with Crippen molar-refractivity contribution in [1.82, 2.24) is 4.90 Å². The summed E-state index contributed by atoms with van der Waals surface area (Å²) in [6.07, 6.45) is 1.89. The van der Waals surface area contributed by atoms with Crippen LogP contribution >= 0.6 is 0 Å². The fraction of sp³-hybridized carbons (Fsp3) is 0.500. The molecule has 1 amide bonds. The summed E-state index contributed by atoms with van der Waals surface area (Å²) in [7, 11) is 0. The Morgan fingerprint density at radius 3 is 2.84 bits per heavy atom. The van der Waals surface area contributed by atoms with Crippen molar-refractivity contribution >= 4 is 5.91 Å². The lowest BCUT2D eigenvalue weighted by Crippen LogP contribution is -2.51. The molecular weight excluding hydrogens is 250 g/mol. The summed E-state index contributed by atoms with van der Waals surface area (Å²) in [5.41, 5.74) is 5.63. The van der Waals surface area contributed by atoms with E-state index < -0.39 is 17.5 Å². The van der Waals surface area contributed by atoms with Gasteiger partial charge in [0.05, 0.1) is 5.56 Å². The molecule has 19 heavy (non-hydrogen) atoms. The Morgan fingerprint density at radius 1 is 1.47 bits per heavy atom. The van der Waals surface area contributed by atoms with E-state index in [9.17, 15) is 13.6 Å². The molecule has 0 bridgehead atoms. The molecule has 1 aliphatic heterocycles. The first kappa shape index (κ1) is 13.9. The second-order valence-corrected chi connectivity index (χ2v) is 5.05. The molecule has 5 heteroatoms. The third-order valence-electron chi connectivity index (χ3n) is 3.78. The number of hydrogen-bond donors (Lipinski definition) is 1. The maximum absolute atomic E-state index is 13.7. The third kappa shape index (κ3) is 2.76. The average molecular weight is 268 g/mol. The van der Waals surface area contributed by atoms with Gasteiger partial charge in [-0.2, -0.15) is 0 Å². The number of benzene rings is 1. The van der Waals surface area contributed by atoms with Gasteiger partial charge in [-0.25, -0.2) is 8.78 Å². The molecule has 0 radical (unpaired) electrons. The van der Waals surface area contributed by atoms with E-state index in [1.54, 1.807) is 4.90 Å². The first-order valence-electron chi connectivity index (χ1n) is 6.50. The summed E-state index contributed by atoms with van der Waals surface area (Å²) in [6.45, 7) is 2.97. The Morgan fingerprint density at radius 2 is 2.21 bits per heavy atom. The Balaban J connectivity index is 2.27. The predicted octanol–water partition coefficient (Wildman–Crippen LogP) is 2.16. The number of likely N-dealkylation sites (tertiary alicyclic amines) is 1. The molecule has 1 fully saturated rings. The maximum Gasteiger partial charge on any atom is 0.257 e. The molecule has 0 aliphatic carbocycles. The van der Waals surface area contributed by atoms with Gasteiger partial charge in [-0.05, 0) is 30.9 Å². The Labute approximate surface area is 111 Å². The van der Waals surface area contributed by atoms with Crippen LogP contribution in [0.4, 0.5) is 8.78 Å². The van der Waals surface area contributed by atoms with Gasteiger partial charge in [0.15, 0.2) is 0 Å². The largest absolute Gasteiger partial charge is 0.334 e. The SMILES string of the molecule is C[C@H]1CCCN(C(=O)c2ccc(F)cc2F)[C@H]1CN. The van der Waals surface area contributed by atoms with Crippen LogP contribution in [-0.4, -0.2) is 29.9 Å². The first-order valence-corrected chi connectivity index (χ1v) is 6.50. The van der Waals surface area contributed by atoms with E-state index in [2.05, 4.69) is 0 Å². The van der Waals surface area contributed by atoms with Gasteiger partial charge in [0.25, 0.3) is 5.91 Å². The lowest BCUT2D eigenvalue weighted by atomic mass is 9.90. The lowest BCUT2D eigenvalue weighted by Gasteiger charge is -2.39. The van der Waals surface area contributed by atoms with Crippen LogP contribution in [0.3, 0.4) is 0 Å². The fourth-order valence-electron chi connectivity index (χ4n) is 2.68. The zero-order valence-corrected chi connectivity index (χ0v) is 10.9. The average Bonchev–Trinajstić information content (AvgIpc) is 2.37. The van der Waals surface area contributed by atoms with Crippen molar-refractivity contribution in [3.05, 3.63) is 35.4 Å². The molecule has 1 aromatic rings. The molecule has 2 N–H and O–H groups in total. The summed E-state index contributed by atoms with van der Waals surface area (Å²) in [5.74, 6) is -1.61. The number of piperidine rings is 1. The highest BCUT2D eigenvalue weighted by atomic mass is 19.1. The summed E-state index contributed by atoms with van der Waals surface area (Å²) in [6, 6.07) is 2.95. The molecular formula is C14H18F2N2O. The monoisotopic (exact) mass is 268 g/mol. The predicted molar refractivity (Wildman–Crippen MR) is 68.6 cm³/mol. The molecule has 1 aliphatic rings. The van der Waals surface area contributed by atoms with Crippen molar-refractivity contribution in [3.63, 3.8) is 0 Å². The van der Waals surface area contributed by atoms with Crippen LogP contribution in [-0.2, 0) is 0 Å². The van der Waals surface area contributed by atoms with Crippen LogP contribution in [0.5, 0.6) is 0 Å². The van der Waals surface area contributed by atoms with Gasteiger partial charge < -0.3 is 10.6 Å². The van der Waals surface area contributed by atoms with Gasteiger partial charge in [-0.15, -0.1) is 0 Å². The lowest BCUT2D eigenvalue weighted by molar-refractivity contribution is 0.0528. The van der Waals surface area contributed by atoms with Crippen LogP contribution < -0.4 is 5.73 Å². The fourth-order valence-corrected chi connectivity index (χ4v) is 2.68. The second-order valence-electron chi connectivity index (χ2n) is 5.05. The summed E-state index contributed by atoms with van der Waals surface area (Å²) < 4.78 is 26.5. The number of carbonyl (C=O) groups excluding carboxylic acids is 1. The van der Waals surface area contributed by atoms with E-state index in [4.69, 9.17) is 5.73 Å². The van der Waals surface area contributed by atoms with Crippen LogP contribution in [0.15, 0.2) is 18.2 Å². The molecule has 0 spiro atoms. The van der Waals surface area contributed by atoms with E-state index >= 15 is 0 Å². The maximum atomic E-state index is 13.7. The molecule has 0 unspecified atom stereocenters. The van der Waals surface area contributed by atoms with Crippen LogP contribution in [0, 0.1) is 17.6 Å². The van der Waals surface area contributed by atoms with Gasteiger partial charge in [0.1, 0.15) is 11.6 Å². The van der Waals surface area contributed by atoms with Gasteiger partial charge in [0.2, 0.25) is 0 Å². The van der Waals surface area contributed by atoms with Gasteiger partial charge >= 0.3 is 0 Å². The van der Waals surface area contributed by atoms with Gasteiger partial charge in [-0.1, -0.05) is 6.92 Å². The Hall–Kier alpha value is -1.49. The molecule has 3 nitrogen and oxygen atoms in total. The Kier molecular flexibility index (Phi) is 4.14. The number of hydrogen-bond acceptors (Lipinski definition) is 2. The van der Waals surface area contributed by atoms with Crippen LogP contribution in [0.25, 0.3) is 0 Å². The summed E-state index contributed by atoms with van der Waals surface area (Å²) >= 11 is 0. The van der Waals surface area contributed by atoms with Gasteiger partial charge in [-0.3, -0.25) is 4.79 Å². The molecule has 2 rings (SSSR count). The highest BCUT2D eigenvalue weighted by Gasteiger charge is 2.32. The normalized spacial score (nSPS) is 23.5. The highest BCUT2D eigenvalue weighted by molar-refractivity contribution is 5.94. The molecule has 0 saturated carbocycles. The number of halogens is 2. The minimum absolute atomic E-state index is 0.0781. The topological polar surface area (TPSA) is 46.3 Å². The molecule has 0 aromatic heterocycles. The van der Waals surface area contributed by atoms with E-state index in [-0.39, 0.29) is 11.6 Å². The number of nitrogens with zero attached hydrogens (tertiary/aromatic N) is 1. The zero-order valence-electron chi connectivity index (χ0n) is 10.9. The second kappa shape index (κ2) is 5.65. The van der Waals surface area contributed by atoms with Crippen molar-refractivity contribution < 1.29 is 13.6 Å². The number of rotatable bonds is 2. The highest BCUT2D eigenvalue weighted by Crippen LogP contribution is 2.25. The Bertz CT molecular complexity index is 479. The van der Waals surface area contributed by atoms with Crippen molar-refractivity contribution in [1.29, 1.82) is 0 Å². The quantitative estimate of drug-likeness (QED) is 0.893. The summed E-state index contributed by atoms with van der Waals surface area (Å²) in [4.78, 5) is 14.0. The van der Waals surface area contributed by atoms with E-state index in [1.807, 2.05) is 6.92 Å². The summed E-state index contributed by atoms with van der Waals surface area (Å²) in [5, 5.41) is 0. The number of amides is 1. The van der Waals surface area contributed by atoms with Crippen molar-refractivity contribution in [2.24, 2.45) is 11.7 Å². The van der Waals surface area contributed by atoms with Crippen LogP contribution in [0.2, 0.25) is 0 Å². The molecule has 2 atom stereocenters. The first-order chi connectivity index (χ1) is 9.04. The zero-order chi connectivity index (χ0) is 14.0. The smallest absolute Gasteiger partial charge is 0.257 e. The molecule has 104 valence electrons. The molecule has 1 saturated heterocycles. The third-order valence-corrected chi connectivity index (χ3v) is 3.78. The van der Waals surface area contributed by atoms with E-state index in [0.29, 0.717) is 19.0 Å². The van der Waals surface area contributed by atoms with Gasteiger partial charge in [0, 0.05) is 25.2 Å². The number of nitrogens with two attached hydrogens (primary N) is 1. The van der Waals surface area contributed by atoms with E-state index in [1.165, 1.54) is 6.07 Å². The molecule has 1 heterocycles. The van der Waals surface area contributed by atoms with Crippen LogP contribution in [0.1, 0.15) is 30.1 Å². The van der Waals surface area contributed by atoms with Crippen molar-refractivity contribution in [2.45, 2.75) is 25.8 Å². The minimum atomic E-state index is -0.820. The van der Waals surface area contributed by atoms with Crippen molar-refractivity contribution in [2.75, 3.05) is 13.1 Å². The van der Waals surface area contributed by atoms with E-state index in [0.717, 1.165) is 25.0 Å². The molecule has 1 aromatic carbocycles. The standard InChI is InChI=1S/C14H18F2N2O/c1-9-3-2-6-18(13(9)8-17)14(19)11-5-4-10(15)7-12(11)16/h4-5,7,9,13H,2-3,6,8,17H2,1H3/t9-,13-/m0/s1. The van der Waals surface area contributed by atoms with Crippen molar-refractivity contribution in [3.8, 4) is 0 Å². The minimum Gasteiger partial charge on any atom is -0.334 e. The number of carbonyl (C=O) groups is 1.